The summed E-state index contributed by atoms with van der Waals surface area (Å²) < 4.78 is 43.6. The fraction of sp³-hybridized carbons (Fsp3) is 0.727. The Balaban J connectivity index is 1.26. The first kappa shape index (κ1) is 22.1. The molecule has 1 aromatic heterocycles. The fourth-order valence-corrected chi connectivity index (χ4v) is 7.82. The number of amides is 2. The van der Waals surface area contributed by atoms with Crippen LogP contribution in [0.4, 0.5) is 13.2 Å². The third kappa shape index (κ3) is 3.93. The Bertz CT molecular complexity index is 888. The van der Waals surface area contributed by atoms with Crippen molar-refractivity contribution >= 4 is 23.6 Å². The van der Waals surface area contributed by atoms with Crippen molar-refractivity contribution in [1.29, 1.82) is 0 Å². The highest BCUT2D eigenvalue weighted by Gasteiger charge is 2.58. The van der Waals surface area contributed by atoms with Crippen LogP contribution in [-0.2, 0) is 22.3 Å². The maximum Gasteiger partial charge on any atom is 0.449 e. The van der Waals surface area contributed by atoms with Crippen LogP contribution in [0.5, 0.6) is 0 Å². The average molecular weight is 472 g/mol. The van der Waals surface area contributed by atoms with E-state index in [4.69, 9.17) is 10.2 Å². The molecule has 3 N–H and O–H groups in total. The summed E-state index contributed by atoms with van der Waals surface area (Å²) in [6, 6.07) is 1.89. The number of nitrogens with one attached hydrogen (secondary N) is 1. The summed E-state index contributed by atoms with van der Waals surface area (Å²) in [6.45, 7) is 0.772. The first-order valence-electron chi connectivity index (χ1n) is 11.2. The fourth-order valence-electron chi connectivity index (χ4n) is 6.71. The van der Waals surface area contributed by atoms with Gasteiger partial charge in [0.1, 0.15) is 5.76 Å². The molecule has 1 aromatic rings. The van der Waals surface area contributed by atoms with Crippen LogP contribution in [0.15, 0.2) is 16.5 Å². The number of nitrogens with zero attached hydrogens (tertiary/aromatic N) is 1. The molecular formula is C22H28F3N3O3S. The van der Waals surface area contributed by atoms with Crippen LogP contribution in [0, 0.1) is 23.2 Å². The number of furan rings is 1. The molecule has 3 atom stereocenters. The number of carbonyl (C=O) groups is 2. The maximum atomic E-state index is 13.3. The zero-order chi connectivity index (χ0) is 22.7. The smallest absolute Gasteiger partial charge is 0.449 e. The minimum Gasteiger partial charge on any atom is -0.455 e. The van der Waals surface area contributed by atoms with Gasteiger partial charge in [0.2, 0.25) is 17.6 Å². The summed E-state index contributed by atoms with van der Waals surface area (Å²) in [6.07, 6.45) is -0.106. The van der Waals surface area contributed by atoms with Crippen LogP contribution in [0.3, 0.4) is 0 Å². The Kier molecular flexibility index (Phi) is 5.51. The normalized spacial score (nSPS) is 36.9. The molecular weight excluding hydrogens is 443 g/mol. The lowest BCUT2D eigenvalue weighted by Gasteiger charge is -2.59. The van der Waals surface area contributed by atoms with Crippen LogP contribution in [0.25, 0.3) is 0 Å². The largest absolute Gasteiger partial charge is 0.455 e. The molecule has 3 unspecified atom stereocenters. The summed E-state index contributed by atoms with van der Waals surface area (Å²) in [5.41, 5.74) is 5.36. The molecule has 2 amide bonds. The number of halogens is 3. The number of alkyl halides is 3. The molecule has 10 heteroatoms. The lowest BCUT2D eigenvalue weighted by molar-refractivity contribution is -0.154. The zero-order valence-corrected chi connectivity index (χ0v) is 18.5. The highest BCUT2D eigenvalue weighted by Crippen LogP contribution is 2.59. The van der Waals surface area contributed by atoms with E-state index in [1.807, 2.05) is 4.90 Å². The van der Waals surface area contributed by atoms with Gasteiger partial charge >= 0.3 is 6.18 Å². The van der Waals surface area contributed by atoms with E-state index in [-0.39, 0.29) is 42.0 Å². The second kappa shape index (κ2) is 7.97. The van der Waals surface area contributed by atoms with Crippen LogP contribution in [0.2, 0.25) is 0 Å². The van der Waals surface area contributed by atoms with Crippen molar-refractivity contribution in [2.45, 2.75) is 56.9 Å². The molecule has 4 bridgehead atoms. The zero-order valence-electron chi connectivity index (χ0n) is 17.7. The van der Waals surface area contributed by atoms with E-state index in [0.717, 1.165) is 43.9 Å². The van der Waals surface area contributed by atoms with Gasteiger partial charge in [0, 0.05) is 29.5 Å². The lowest BCUT2D eigenvalue weighted by atomic mass is 9.47. The molecule has 0 radical (unpaired) electrons. The predicted molar refractivity (Wildman–Crippen MR) is 112 cm³/mol. The van der Waals surface area contributed by atoms with Crippen LogP contribution >= 0.6 is 11.8 Å². The quantitative estimate of drug-likeness (QED) is 0.689. The van der Waals surface area contributed by atoms with E-state index in [9.17, 15) is 22.8 Å². The number of carbonyl (C=O) groups excluding carboxylic acids is 2. The minimum absolute atomic E-state index is 0.0424. The van der Waals surface area contributed by atoms with E-state index in [0.29, 0.717) is 18.2 Å². The molecule has 6 nitrogen and oxygen atoms in total. The van der Waals surface area contributed by atoms with Crippen molar-refractivity contribution in [1.82, 2.24) is 10.2 Å². The van der Waals surface area contributed by atoms with Crippen molar-refractivity contribution in [2.75, 3.05) is 18.1 Å². The molecule has 1 aliphatic heterocycles. The third-order valence-electron chi connectivity index (χ3n) is 7.95. The molecule has 4 saturated carbocycles. The monoisotopic (exact) mass is 471 g/mol. The summed E-state index contributed by atoms with van der Waals surface area (Å²) in [5, 5.41) is 3.28. The van der Waals surface area contributed by atoms with Crippen molar-refractivity contribution < 1.29 is 27.2 Å². The Hall–Kier alpha value is -1.68. The lowest BCUT2D eigenvalue weighted by Crippen LogP contribution is -2.64. The SMILES string of the molecule is NC(=O)C12CC3CC(C1)C(NC(=O)C1CSCCN1Cc1ccc(C(F)(F)F)o1)C(C3)C2. The Morgan fingerprint density at radius 2 is 1.94 bits per heavy atom. The van der Waals surface area contributed by atoms with E-state index in [1.54, 1.807) is 11.8 Å². The number of thioether (sulfide) groups is 1. The summed E-state index contributed by atoms with van der Waals surface area (Å²) >= 11 is 1.67. The van der Waals surface area contributed by atoms with Gasteiger partial charge in [0.15, 0.2) is 0 Å². The molecule has 4 aliphatic carbocycles. The molecule has 32 heavy (non-hydrogen) atoms. The second-order valence-electron chi connectivity index (χ2n) is 9.97. The van der Waals surface area contributed by atoms with Crippen LogP contribution in [0.1, 0.15) is 43.6 Å². The van der Waals surface area contributed by atoms with Gasteiger partial charge in [0.25, 0.3) is 0 Å². The molecule has 1 saturated heterocycles. The highest BCUT2D eigenvalue weighted by molar-refractivity contribution is 7.99. The summed E-state index contributed by atoms with van der Waals surface area (Å²) in [5.74, 6) is 1.36. The number of hydrogen-bond acceptors (Lipinski definition) is 5. The molecule has 5 aliphatic rings. The van der Waals surface area contributed by atoms with Gasteiger partial charge in [-0.2, -0.15) is 24.9 Å². The van der Waals surface area contributed by atoms with Crippen LogP contribution in [-0.4, -0.2) is 46.8 Å². The molecule has 6 rings (SSSR count). The molecule has 5 fully saturated rings. The topological polar surface area (TPSA) is 88.6 Å². The van der Waals surface area contributed by atoms with Gasteiger partial charge in [-0.15, -0.1) is 0 Å². The average Bonchev–Trinajstić information content (AvgIpc) is 3.19. The van der Waals surface area contributed by atoms with Crippen LogP contribution < -0.4 is 11.1 Å². The van der Waals surface area contributed by atoms with Gasteiger partial charge < -0.3 is 15.5 Å². The molecule has 0 spiro atoms. The summed E-state index contributed by atoms with van der Waals surface area (Å²) in [7, 11) is 0. The first-order valence-corrected chi connectivity index (χ1v) is 12.4. The first-order chi connectivity index (χ1) is 15.1. The van der Waals surface area contributed by atoms with Gasteiger partial charge in [-0.25, -0.2) is 0 Å². The minimum atomic E-state index is -4.52. The number of hydrogen-bond donors (Lipinski definition) is 2. The maximum absolute atomic E-state index is 13.3. The van der Waals surface area contributed by atoms with E-state index < -0.39 is 23.4 Å². The Morgan fingerprint density at radius 3 is 2.56 bits per heavy atom. The van der Waals surface area contributed by atoms with Crippen molar-refractivity contribution in [3.8, 4) is 0 Å². The second-order valence-corrected chi connectivity index (χ2v) is 11.1. The van der Waals surface area contributed by atoms with Gasteiger partial charge in [-0.1, -0.05) is 0 Å². The van der Waals surface area contributed by atoms with Crippen molar-refractivity contribution in [2.24, 2.45) is 28.9 Å². The Morgan fingerprint density at radius 1 is 1.22 bits per heavy atom. The molecule has 2 heterocycles. The van der Waals surface area contributed by atoms with Crippen molar-refractivity contribution in [3.63, 3.8) is 0 Å². The summed E-state index contributed by atoms with van der Waals surface area (Å²) in [4.78, 5) is 27.4. The standard InChI is InChI=1S/C22H28F3N3O3S/c23-22(24,25)17-2-1-15(31-17)10-28-3-4-32-11-16(28)19(29)27-18-13-5-12-6-14(18)9-21(7-12,8-13)20(26)30/h1-2,12-14,16,18H,3-11H2,(H2,26,30)(H,27,29). The molecule has 0 aromatic carbocycles. The highest BCUT2D eigenvalue weighted by atomic mass is 32.2. The van der Waals surface area contributed by atoms with E-state index in [1.165, 1.54) is 6.07 Å². The number of primary amides is 1. The van der Waals surface area contributed by atoms with E-state index in [2.05, 4.69) is 5.32 Å². The van der Waals surface area contributed by atoms with Gasteiger partial charge in [-0.05, 0) is 62.0 Å². The van der Waals surface area contributed by atoms with Gasteiger partial charge in [0.05, 0.1) is 12.6 Å². The Labute approximate surface area is 188 Å². The van der Waals surface area contributed by atoms with Gasteiger partial charge in [-0.3, -0.25) is 14.5 Å². The number of rotatable bonds is 5. The third-order valence-corrected chi connectivity index (χ3v) is 8.97. The van der Waals surface area contributed by atoms with E-state index >= 15 is 0 Å². The molecule has 176 valence electrons. The number of nitrogens with two attached hydrogens (primary N) is 1. The predicted octanol–water partition coefficient (Wildman–Crippen LogP) is 3.01. The van der Waals surface area contributed by atoms with Crippen molar-refractivity contribution in [3.05, 3.63) is 23.7 Å².